The summed E-state index contributed by atoms with van der Waals surface area (Å²) in [6, 6.07) is 8.98. The zero-order valence-electron chi connectivity index (χ0n) is 10.3. The molecule has 1 aliphatic carbocycles. The van der Waals surface area contributed by atoms with Gasteiger partial charge in [-0.05, 0) is 25.3 Å². The average molecular weight is 219 g/mol. The van der Waals surface area contributed by atoms with Gasteiger partial charge < -0.3 is 10.1 Å². The van der Waals surface area contributed by atoms with Gasteiger partial charge in [-0.1, -0.05) is 29.8 Å². The highest BCUT2D eigenvalue weighted by molar-refractivity contribution is 5.33. The van der Waals surface area contributed by atoms with Crippen molar-refractivity contribution in [2.24, 2.45) is 0 Å². The molecule has 0 bridgehead atoms. The normalized spacial score (nSPS) is 17.4. The zero-order chi connectivity index (χ0) is 11.4. The van der Waals surface area contributed by atoms with E-state index in [-0.39, 0.29) is 0 Å². The quantitative estimate of drug-likeness (QED) is 0.741. The van der Waals surface area contributed by atoms with Crippen molar-refractivity contribution in [1.29, 1.82) is 0 Å². The molecule has 0 aliphatic heterocycles. The van der Waals surface area contributed by atoms with Gasteiger partial charge >= 0.3 is 0 Å². The minimum Gasteiger partial charge on any atom is -0.383 e. The van der Waals surface area contributed by atoms with E-state index < -0.39 is 0 Å². The molecule has 2 heteroatoms. The molecule has 0 spiro atoms. The van der Waals surface area contributed by atoms with Crippen molar-refractivity contribution in [2.75, 3.05) is 26.8 Å². The van der Waals surface area contributed by atoms with Crippen molar-refractivity contribution in [3.8, 4) is 0 Å². The summed E-state index contributed by atoms with van der Waals surface area (Å²) in [6.45, 7) is 4.97. The molecule has 16 heavy (non-hydrogen) atoms. The topological polar surface area (TPSA) is 21.3 Å². The number of rotatable bonds is 6. The molecule has 0 radical (unpaired) electrons. The summed E-state index contributed by atoms with van der Waals surface area (Å²) in [5, 5.41) is 3.48. The predicted octanol–water partition coefficient (Wildman–Crippen LogP) is 2.26. The van der Waals surface area contributed by atoms with Crippen LogP contribution in [-0.2, 0) is 10.2 Å². The molecule has 0 unspecified atom stereocenters. The molecule has 1 fully saturated rings. The second-order valence-corrected chi connectivity index (χ2v) is 4.82. The Hall–Kier alpha value is -0.860. The summed E-state index contributed by atoms with van der Waals surface area (Å²) in [5.41, 5.74) is 3.25. The van der Waals surface area contributed by atoms with Crippen molar-refractivity contribution >= 4 is 0 Å². The maximum Gasteiger partial charge on any atom is 0.0587 e. The fraction of sp³-hybridized carbons (Fsp3) is 0.571. The van der Waals surface area contributed by atoms with E-state index in [0.717, 1.165) is 19.7 Å². The second kappa shape index (κ2) is 4.98. The van der Waals surface area contributed by atoms with E-state index in [2.05, 4.69) is 36.5 Å². The first-order chi connectivity index (χ1) is 7.77. The van der Waals surface area contributed by atoms with Crippen LogP contribution in [0.1, 0.15) is 24.0 Å². The number of ether oxygens (including phenoxy) is 1. The maximum atomic E-state index is 5.04. The smallest absolute Gasteiger partial charge is 0.0587 e. The van der Waals surface area contributed by atoms with Crippen molar-refractivity contribution in [3.05, 3.63) is 35.4 Å². The summed E-state index contributed by atoms with van der Waals surface area (Å²) in [6.07, 6.45) is 2.63. The number of hydrogen-bond donors (Lipinski definition) is 1. The minimum absolute atomic E-state index is 0.418. The van der Waals surface area contributed by atoms with Crippen LogP contribution in [0.3, 0.4) is 0 Å². The highest BCUT2D eigenvalue weighted by Gasteiger charge is 2.43. The highest BCUT2D eigenvalue weighted by Crippen LogP contribution is 2.47. The van der Waals surface area contributed by atoms with Gasteiger partial charge in [-0.3, -0.25) is 0 Å². The molecular weight excluding hydrogens is 198 g/mol. The Morgan fingerprint density at radius 2 is 1.94 bits per heavy atom. The van der Waals surface area contributed by atoms with Gasteiger partial charge in [-0.15, -0.1) is 0 Å². The number of benzene rings is 1. The average Bonchev–Trinajstić information content (AvgIpc) is 3.07. The van der Waals surface area contributed by atoms with E-state index in [1.54, 1.807) is 7.11 Å². The maximum absolute atomic E-state index is 5.04. The molecule has 1 saturated carbocycles. The van der Waals surface area contributed by atoms with Gasteiger partial charge in [0.2, 0.25) is 0 Å². The van der Waals surface area contributed by atoms with Crippen LogP contribution in [0.15, 0.2) is 24.3 Å². The molecule has 1 N–H and O–H groups in total. The van der Waals surface area contributed by atoms with Gasteiger partial charge in [0.1, 0.15) is 0 Å². The van der Waals surface area contributed by atoms with E-state index in [9.17, 15) is 0 Å². The molecular formula is C14H21NO. The Bertz CT molecular complexity index is 327. The lowest BCUT2D eigenvalue weighted by atomic mass is 9.95. The van der Waals surface area contributed by atoms with Gasteiger partial charge in [0.25, 0.3) is 0 Å². The van der Waals surface area contributed by atoms with E-state index in [1.165, 1.54) is 24.0 Å². The lowest BCUT2D eigenvalue weighted by Gasteiger charge is -2.16. The van der Waals surface area contributed by atoms with E-state index in [1.807, 2.05) is 0 Å². The fourth-order valence-corrected chi connectivity index (χ4v) is 2.13. The third-order valence-electron chi connectivity index (χ3n) is 3.46. The summed E-state index contributed by atoms with van der Waals surface area (Å²) >= 11 is 0. The van der Waals surface area contributed by atoms with Crippen molar-refractivity contribution in [3.63, 3.8) is 0 Å². The van der Waals surface area contributed by atoms with Crippen LogP contribution in [0.5, 0.6) is 0 Å². The van der Waals surface area contributed by atoms with E-state index in [4.69, 9.17) is 4.74 Å². The number of aryl methyl sites for hydroxylation is 1. The largest absolute Gasteiger partial charge is 0.383 e. The summed E-state index contributed by atoms with van der Waals surface area (Å²) < 4.78 is 5.04. The molecule has 2 rings (SSSR count). The molecule has 1 aromatic rings. The standard InChI is InChI=1S/C14H21NO/c1-12-3-5-13(6-4-12)14(7-8-14)11-15-9-10-16-2/h3-6,15H,7-11H2,1-2H3. The number of nitrogens with one attached hydrogen (secondary N) is 1. The SMILES string of the molecule is COCCNCC1(c2ccc(C)cc2)CC1. The molecule has 88 valence electrons. The van der Waals surface area contributed by atoms with Gasteiger partial charge in [0.15, 0.2) is 0 Å². The Balaban J connectivity index is 1.90. The first kappa shape index (κ1) is 11.6. The van der Waals surface area contributed by atoms with Crippen LogP contribution in [0.4, 0.5) is 0 Å². The summed E-state index contributed by atoms with van der Waals surface area (Å²) in [4.78, 5) is 0. The molecule has 1 aromatic carbocycles. The lowest BCUT2D eigenvalue weighted by Crippen LogP contribution is -2.29. The zero-order valence-corrected chi connectivity index (χ0v) is 10.3. The van der Waals surface area contributed by atoms with Crippen LogP contribution in [0, 0.1) is 6.92 Å². The van der Waals surface area contributed by atoms with Crippen LogP contribution in [-0.4, -0.2) is 26.8 Å². The summed E-state index contributed by atoms with van der Waals surface area (Å²) in [7, 11) is 1.74. The molecule has 0 saturated heterocycles. The highest BCUT2D eigenvalue weighted by atomic mass is 16.5. The molecule has 1 aliphatic rings. The second-order valence-electron chi connectivity index (χ2n) is 4.82. The third-order valence-corrected chi connectivity index (χ3v) is 3.46. The van der Waals surface area contributed by atoms with Crippen molar-refractivity contribution in [2.45, 2.75) is 25.2 Å². The molecule has 0 atom stereocenters. The van der Waals surface area contributed by atoms with Gasteiger partial charge in [0.05, 0.1) is 6.61 Å². The number of hydrogen-bond acceptors (Lipinski definition) is 2. The Kier molecular flexibility index (Phi) is 3.62. The minimum atomic E-state index is 0.418. The van der Waals surface area contributed by atoms with Gasteiger partial charge in [-0.2, -0.15) is 0 Å². The van der Waals surface area contributed by atoms with Crippen LogP contribution >= 0.6 is 0 Å². The number of methoxy groups -OCH3 is 1. The third kappa shape index (κ3) is 2.63. The molecule has 0 heterocycles. The Labute approximate surface area is 98.0 Å². The van der Waals surface area contributed by atoms with Crippen LogP contribution in [0.25, 0.3) is 0 Å². The summed E-state index contributed by atoms with van der Waals surface area (Å²) in [5.74, 6) is 0. The molecule has 0 aromatic heterocycles. The van der Waals surface area contributed by atoms with Crippen molar-refractivity contribution < 1.29 is 4.74 Å². The molecule has 0 amide bonds. The van der Waals surface area contributed by atoms with Crippen molar-refractivity contribution in [1.82, 2.24) is 5.32 Å². The Morgan fingerprint density at radius 3 is 2.50 bits per heavy atom. The van der Waals surface area contributed by atoms with Crippen LogP contribution in [0.2, 0.25) is 0 Å². The molecule has 2 nitrogen and oxygen atoms in total. The van der Waals surface area contributed by atoms with Gasteiger partial charge in [-0.25, -0.2) is 0 Å². The van der Waals surface area contributed by atoms with E-state index in [0.29, 0.717) is 5.41 Å². The van der Waals surface area contributed by atoms with E-state index >= 15 is 0 Å². The Morgan fingerprint density at radius 1 is 1.25 bits per heavy atom. The monoisotopic (exact) mass is 219 g/mol. The first-order valence-corrected chi connectivity index (χ1v) is 6.04. The lowest BCUT2D eigenvalue weighted by molar-refractivity contribution is 0.198. The van der Waals surface area contributed by atoms with Gasteiger partial charge in [0, 0.05) is 25.6 Å². The first-order valence-electron chi connectivity index (χ1n) is 6.04. The fourth-order valence-electron chi connectivity index (χ4n) is 2.13. The van der Waals surface area contributed by atoms with Crippen LogP contribution < -0.4 is 5.32 Å². The predicted molar refractivity (Wildman–Crippen MR) is 66.8 cm³/mol.